The molecule has 1 unspecified atom stereocenters. The van der Waals surface area contributed by atoms with E-state index < -0.39 is 35.9 Å². The van der Waals surface area contributed by atoms with Gasteiger partial charge in [-0.1, -0.05) is 32.1 Å². The van der Waals surface area contributed by atoms with E-state index in [9.17, 15) is 19.4 Å². The number of unbranched alkanes of at least 4 members (excludes halogenated alkanes) is 2. The molecule has 4 atom stereocenters. The summed E-state index contributed by atoms with van der Waals surface area (Å²) < 4.78 is 21.0. The van der Waals surface area contributed by atoms with Crippen LogP contribution < -0.4 is 5.73 Å². The van der Waals surface area contributed by atoms with Crippen LogP contribution in [0.4, 0.5) is 10.2 Å². The van der Waals surface area contributed by atoms with Crippen LogP contribution in [0.1, 0.15) is 51.7 Å². The minimum absolute atomic E-state index is 0.0294. The molecule has 0 aromatic carbocycles. The van der Waals surface area contributed by atoms with Crippen molar-refractivity contribution in [3.8, 4) is 12.3 Å². The number of nitrogens with zero attached hydrogens (tertiary/aromatic N) is 4. The SMILES string of the molecule is C#C[C@@]1(CC(CCCCC)C(=O)O)O[C@@H](n2cnc3c(N)nc(F)nc32)C[C@@H]1O. The van der Waals surface area contributed by atoms with Crippen molar-refractivity contribution >= 4 is 23.0 Å². The zero-order valence-corrected chi connectivity index (χ0v) is 16.1. The Labute approximate surface area is 167 Å². The van der Waals surface area contributed by atoms with E-state index >= 15 is 0 Å². The first kappa shape index (κ1) is 21.0. The number of aromatic nitrogens is 4. The Hall–Kier alpha value is -2.77. The first-order chi connectivity index (χ1) is 13.8. The standard InChI is InChI=1S/C19H24FN5O4/c1-3-5-6-7-11(17(27)28)9-19(4-2)12(26)8-13(29-19)25-10-22-14-15(21)23-18(20)24-16(14)25/h2,10-13,26H,3,5-9H2,1H3,(H,27,28)(H2,21,23,24)/t11?,12-,13+,19-/m0/s1. The van der Waals surface area contributed by atoms with Gasteiger partial charge in [-0.25, -0.2) is 4.98 Å². The van der Waals surface area contributed by atoms with Crippen molar-refractivity contribution in [2.75, 3.05) is 5.73 Å². The fraction of sp³-hybridized carbons (Fsp3) is 0.579. The van der Waals surface area contributed by atoms with Gasteiger partial charge >= 0.3 is 12.0 Å². The first-order valence-corrected chi connectivity index (χ1v) is 9.53. The topological polar surface area (TPSA) is 136 Å². The predicted molar refractivity (Wildman–Crippen MR) is 102 cm³/mol. The fourth-order valence-corrected chi connectivity index (χ4v) is 3.74. The number of rotatable bonds is 8. The van der Waals surface area contributed by atoms with Gasteiger partial charge in [-0.3, -0.25) is 9.36 Å². The molecule has 0 bridgehead atoms. The number of hydrogen-bond acceptors (Lipinski definition) is 7. The minimum atomic E-state index is -1.48. The highest BCUT2D eigenvalue weighted by Crippen LogP contribution is 2.42. The number of carboxylic acid groups (broad SMARTS) is 1. The number of aliphatic hydroxyl groups excluding tert-OH is 1. The lowest BCUT2D eigenvalue weighted by Gasteiger charge is -2.29. The zero-order valence-electron chi connectivity index (χ0n) is 16.1. The van der Waals surface area contributed by atoms with Crippen LogP contribution in [0.3, 0.4) is 0 Å². The van der Waals surface area contributed by atoms with Crippen LogP contribution in [0.25, 0.3) is 11.2 Å². The lowest BCUT2D eigenvalue weighted by molar-refractivity contribution is -0.146. The molecule has 0 radical (unpaired) electrons. The number of ether oxygens (including phenoxy) is 1. The van der Waals surface area contributed by atoms with E-state index in [2.05, 4.69) is 20.9 Å². The summed E-state index contributed by atoms with van der Waals surface area (Å²) in [7, 11) is 0. The van der Waals surface area contributed by atoms with Gasteiger partial charge in [-0.05, 0) is 6.42 Å². The molecule has 29 heavy (non-hydrogen) atoms. The van der Waals surface area contributed by atoms with E-state index in [1.54, 1.807) is 0 Å². The van der Waals surface area contributed by atoms with Crippen molar-refractivity contribution in [1.82, 2.24) is 19.5 Å². The molecule has 1 saturated heterocycles. The van der Waals surface area contributed by atoms with Gasteiger partial charge in [-0.15, -0.1) is 6.42 Å². The molecule has 4 N–H and O–H groups in total. The number of halogens is 1. The molecule has 2 aromatic heterocycles. The van der Waals surface area contributed by atoms with Crippen molar-refractivity contribution < 1.29 is 24.1 Å². The molecule has 0 spiro atoms. The van der Waals surface area contributed by atoms with Crippen LogP contribution >= 0.6 is 0 Å². The number of nitrogen functional groups attached to an aromatic ring is 1. The molecule has 156 valence electrons. The van der Waals surface area contributed by atoms with E-state index in [-0.39, 0.29) is 29.8 Å². The van der Waals surface area contributed by atoms with Gasteiger partial charge in [0, 0.05) is 12.8 Å². The summed E-state index contributed by atoms with van der Waals surface area (Å²) in [5.74, 6) is 0.619. The monoisotopic (exact) mass is 405 g/mol. The van der Waals surface area contributed by atoms with Crippen LogP contribution in [-0.4, -0.2) is 47.4 Å². The molecule has 1 aliphatic rings. The Kier molecular flexibility index (Phi) is 6.00. The van der Waals surface area contributed by atoms with Crippen molar-refractivity contribution in [1.29, 1.82) is 0 Å². The summed E-state index contributed by atoms with van der Waals surface area (Å²) in [4.78, 5) is 22.9. The van der Waals surface area contributed by atoms with Crippen LogP contribution in [0.15, 0.2) is 6.33 Å². The second-order valence-corrected chi connectivity index (χ2v) is 7.29. The normalized spacial score (nSPS) is 25.2. The number of anilines is 1. The zero-order chi connectivity index (χ0) is 21.2. The summed E-state index contributed by atoms with van der Waals surface area (Å²) in [5.41, 5.74) is 4.51. The third kappa shape index (κ3) is 4.02. The number of carboxylic acids is 1. The second kappa shape index (κ2) is 8.31. The van der Waals surface area contributed by atoms with Gasteiger partial charge in [0.25, 0.3) is 0 Å². The third-order valence-corrected chi connectivity index (χ3v) is 5.34. The van der Waals surface area contributed by atoms with Gasteiger partial charge in [0.1, 0.15) is 6.23 Å². The molecule has 1 fully saturated rings. The molecular formula is C19H24FN5O4. The first-order valence-electron chi connectivity index (χ1n) is 9.53. The largest absolute Gasteiger partial charge is 0.481 e. The number of aliphatic carboxylic acids is 1. The molecule has 9 nitrogen and oxygen atoms in total. The maximum absolute atomic E-state index is 13.6. The molecule has 0 amide bonds. The quantitative estimate of drug-likeness (QED) is 0.344. The Morgan fingerprint density at radius 3 is 2.97 bits per heavy atom. The minimum Gasteiger partial charge on any atom is -0.481 e. The summed E-state index contributed by atoms with van der Waals surface area (Å²) >= 11 is 0. The van der Waals surface area contributed by atoms with Crippen LogP contribution in [-0.2, 0) is 9.53 Å². The maximum atomic E-state index is 13.6. The molecule has 3 heterocycles. The number of aliphatic hydroxyl groups is 1. The smallest absolute Gasteiger partial charge is 0.312 e. The Morgan fingerprint density at radius 1 is 1.55 bits per heavy atom. The summed E-state index contributed by atoms with van der Waals surface area (Å²) in [5, 5.41) is 20.3. The number of imidazole rings is 1. The average molecular weight is 405 g/mol. The van der Waals surface area contributed by atoms with Crippen LogP contribution in [0.5, 0.6) is 0 Å². The van der Waals surface area contributed by atoms with Gasteiger partial charge in [0.15, 0.2) is 22.6 Å². The van der Waals surface area contributed by atoms with Gasteiger partial charge in [0.2, 0.25) is 0 Å². The fourth-order valence-electron chi connectivity index (χ4n) is 3.74. The molecular weight excluding hydrogens is 381 g/mol. The molecule has 10 heteroatoms. The van der Waals surface area contributed by atoms with Crippen molar-refractivity contribution in [2.45, 2.75) is 63.4 Å². The molecule has 2 aromatic rings. The Balaban J connectivity index is 1.86. The summed E-state index contributed by atoms with van der Waals surface area (Å²) in [6.07, 6.45) is 7.22. The Morgan fingerprint density at radius 2 is 2.31 bits per heavy atom. The predicted octanol–water partition coefficient (Wildman–Crippen LogP) is 1.87. The average Bonchev–Trinajstić information content (AvgIpc) is 3.22. The highest BCUT2D eigenvalue weighted by atomic mass is 19.1. The van der Waals surface area contributed by atoms with Gasteiger partial charge in [-0.2, -0.15) is 14.4 Å². The number of fused-ring (bicyclic) bond motifs is 1. The lowest BCUT2D eigenvalue weighted by atomic mass is 9.84. The molecule has 0 aliphatic carbocycles. The number of carbonyl (C=O) groups is 1. The number of hydrogen-bond donors (Lipinski definition) is 3. The molecule has 3 rings (SSSR count). The molecule has 1 aliphatic heterocycles. The van der Waals surface area contributed by atoms with Crippen molar-refractivity contribution in [2.24, 2.45) is 5.92 Å². The highest BCUT2D eigenvalue weighted by molar-refractivity contribution is 5.81. The number of nitrogens with two attached hydrogens (primary N) is 1. The number of terminal acetylenes is 1. The van der Waals surface area contributed by atoms with Crippen LogP contribution in [0, 0.1) is 24.3 Å². The Bertz CT molecular complexity index is 943. The van der Waals surface area contributed by atoms with Crippen molar-refractivity contribution in [3.05, 3.63) is 12.4 Å². The van der Waals surface area contributed by atoms with E-state index in [1.807, 2.05) is 6.92 Å². The summed E-state index contributed by atoms with van der Waals surface area (Å²) in [6.45, 7) is 2.03. The van der Waals surface area contributed by atoms with Gasteiger partial charge < -0.3 is 20.7 Å². The maximum Gasteiger partial charge on any atom is 0.312 e. The molecule has 0 saturated carbocycles. The lowest BCUT2D eigenvalue weighted by Crippen LogP contribution is -2.41. The van der Waals surface area contributed by atoms with E-state index in [0.717, 1.165) is 19.3 Å². The third-order valence-electron chi connectivity index (χ3n) is 5.34. The van der Waals surface area contributed by atoms with E-state index in [0.29, 0.717) is 6.42 Å². The van der Waals surface area contributed by atoms with E-state index in [1.165, 1.54) is 10.9 Å². The van der Waals surface area contributed by atoms with E-state index in [4.69, 9.17) is 16.9 Å². The summed E-state index contributed by atoms with van der Waals surface area (Å²) in [6, 6.07) is 0. The van der Waals surface area contributed by atoms with Crippen LogP contribution in [0.2, 0.25) is 0 Å². The second-order valence-electron chi connectivity index (χ2n) is 7.29. The van der Waals surface area contributed by atoms with Gasteiger partial charge in [0.05, 0.1) is 18.3 Å². The highest BCUT2D eigenvalue weighted by Gasteiger charge is 2.50. The van der Waals surface area contributed by atoms with Crippen molar-refractivity contribution in [3.63, 3.8) is 0 Å².